The SMILES string of the molecule is O=P(OCC(F)(F)F)(Oc1ccccc1)Oc1ccccc1. The summed E-state index contributed by atoms with van der Waals surface area (Å²) in [6, 6.07) is 15.4. The summed E-state index contributed by atoms with van der Waals surface area (Å²) in [5.74, 6) is 0.146. The molecule has 2 rings (SSSR count). The molecule has 22 heavy (non-hydrogen) atoms. The van der Waals surface area contributed by atoms with Crippen LogP contribution in [0.4, 0.5) is 13.2 Å². The van der Waals surface area contributed by atoms with Crippen molar-refractivity contribution in [2.45, 2.75) is 6.18 Å². The Bertz CT molecular complexity index is 586. The van der Waals surface area contributed by atoms with Gasteiger partial charge in [0.05, 0.1) is 0 Å². The van der Waals surface area contributed by atoms with Gasteiger partial charge in [0.15, 0.2) is 6.61 Å². The number of halogens is 3. The maximum Gasteiger partial charge on any atom is 0.587 e. The highest BCUT2D eigenvalue weighted by Crippen LogP contribution is 2.50. The number of rotatable bonds is 6. The highest BCUT2D eigenvalue weighted by molar-refractivity contribution is 7.49. The van der Waals surface area contributed by atoms with Gasteiger partial charge in [-0.1, -0.05) is 36.4 Å². The number of para-hydroxylation sites is 2. The van der Waals surface area contributed by atoms with Crippen LogP contribution in [0.1, 0.15) is 0 Å². The minimum absolute atomic E-state index is 0.0731. The summed E-state index contributed by atoms with van der Waals surface area (Å²) in [5, 5.41) is 0. The molecule has 0 fully saturated rings. The van der Waals surface area contributed by atoms with Crippen LogP contribution in [0.3, 0.4) is 0 Å². The largest absolute Gasteiger partial charge is 0.587 e. The Morgan fingerprint density at radius 2 is 1.23 bits per heavy atom. The topological polar surface area (TPSA) is 44.8 Å². The average Bonchev–Trinajstić information content (AvgIpc) is 2.47. The van der Waals surface area contributed by atoms with E-state index in [1.807, 2.05) is 0 Å². The summed E-state index contributed by atoms with van der Waals surface area (Å²) in [5.41, 5.74) is 0. The van der Waals surface area contributed by atoms with Gasteiger partial charge in [-0.3, -0.25) is 4.52 Å². The van der Waals surface area contributed by atoms with Gasteiger partial charge >= 0.3 is 14.0 Å². The van der Waals surface area contributed by atoms with Gasteiger partial charge in [-0.15, -0.1) is 0 Å². The zero-order valence-electron chi connectivity index (χ0n) is 11.2. The lowest BCUT2D eigenvalue weighted by molar-refractivity contribution is -0.156. The van der Waals surface area contributed by atoms with Crippen LogP contribution in [0.15, 0.2) is 60.7 Å². The van der Waals surface area contributed by atoms with Crippen LogP contribution in [0.5, 0.6) is 11.5 Å². The Labute approximate surface area is 125 Å². The molecule has 0 saturated heterocycles. The van der Waals surface area contributed by atoms with Crippen molar-refractivity contribution >= 4 is 7.82 Å². The van der Waals surface area contributed by atoms with Crippen LogP contribution in [0, 0.1) is 0 Å². The average molecular weight is 332 g/mol. The number of benzene rings is 2. The molecule has 0 aromatic heterocycles. The van der Waals surface area contributed by atoms with E-state index < -0.39 is 20.6 Å². The van der Waals surface area contributed by atoms with Gasteiger partial charge in [-0.25, -0.2) is 4.57 Å². The minimum atomic E-state index is -4.66. The molecule has 0 N–H and O–H groups in total. The lowest BCUT2D eigenvalue weighted by atomic mass is 10.3. The predicted molar refractivity (Wildman–Crippen MR) is 73.8 cm³/mol. The molecule has 0 amide bonds. The van der Waals surface area contributed by atoms with Gasteiger partial charge in [-0.2, -0.15) is 13.2 Å². The Hall–Kier alpha value is -1.98. The fourth-order valence-electron chi connectivity index (χ4n) is 1.44. The maximum atomic E-state index is 12.4. The normalized spacial score (nSPS) is 12.0. The van der Waals surface area contributed by atoms with Crippen LogP contribution in [-0.2, 0) is 9.09 Å². The molecule has 0 saturated carbocycles. The highest BCUT2D eigenvalue weighted by Gasteiger charge is 2.38. The van der Waals surface area contributed by atoms with E-state index >= 15 is 0 Å². The zero-order valence-corrected chi connectivity index (χ0v) is 12.1. The second kappa shape index (κ2) is 6.85. The number of phosphoric ester groups is 1. The van der Waals surface area contributed by atoms with Crippen molar-refractivity contribution in [1.82, 2.24) is 0 Å². The van der Waals surface area contributed by atoms with Crippen LogP contribution in [0.25, 0.3) is 0 Å². The standard InChI is InChI=1S/C14H12F3O4P/c15-14(16,17)11-19-22(18,20-12-7-3-1-4-8-12)21-13-9-5-2-6-10-13/h1-10H,11H2. The van der Waals surface area contributed by atoms with E-state index in [2.05, 4.69) is 4.52 Å². The first-order chi connectivity index (χ1) is 10.4. The van der Waals surface area contributed by atoms with Gasteiger partial charge in [-0.05, 0) is 24.3 Å². The Kier molecular flexibility index (Phi) is 5.11. The predicted octanol–water partition coefficient (Wildman–Crippen LogP) is 4.83. The van der Waals surface area contributed by atoms with E-state index in [1.165, 1.54) is 24.3 Å². The summed E-state index contributed by atoms with van der Waals surface area (Å²) >= 11 is 0. The molecule has 0 aliphatic rings. The fourth-order valence-corrected chi connectivity index (χ4v) is 2.65. The van der Waals surface area contributed by atoms with E-state index in [9.17, 15) is 17.7 Å². The number of hydrogen-bond acceptors (Lipinski definition) is 4. The lowest BCUT2D eigenvalue weighted by Crippen LogP contribution is -2.18. The van der Waals surface area contributed by atoms with Crippen molar-refractivity contribution in [3.8, 4) is 11.5 Å². The molecule has 0 aliphatic heterocycles. The van der Waals surface area contributed by atoms with E-state index in [0.29, 0.717) is 0 Å². The number of hydrogen-bond donors (Lipinski definition) is 0. The van der Waals surface area contributed by atoms with E-state index in [0.717, 1.165) is 0 Å². The first-order valence-electron chi connectivity index (χ1n) is 6.17. The number of alkyl halides is 3. The van der Waals surface area contributed by atoms with Crippen molar-refractivity contribution in [3.63, 3.8) is 0 Å². The Balaban J connectivity index is 2.17. The van der Waals surface area contributed by atoms with Gasteiger partial charge in [0, 0.05) is 0 Å². The molecule has 2 aromatic carbocycles. The van der Waals surface area contributed by atoms with Crippen molar-refractivity contribution < 1.29 is 31.3 Å². The summed E-state index contributed by atoms with van der Waals surface area (Å²) in [6.45, 7) is -1.75. The molecule has 0 heterocycles. The lowest BCUT2D eigenvalue weighted by Gasteiger charge is -2.19. The van der Waals surface area contributed by atoms with Crippen molar-refractivity contribution in [3.05, 3.63) is 60.7 Å². The molecular formula is C14H12F3O4P. The molecule has 0 aliphatic carbocycles. The third-order valence-electron chi connectivity index (χ3n) is 2.31. The summed E-state index contributed by atoms with van der Waals surface area (Å²) in [7, 11) is -4.48. The minimum Gasteiger partial charge on any atom is -0.395 e. The molecular weight excluding hydrogens is 320 g/mol. The molecule has 0 radical (unpaired) electrons. The second-order valence-electron chi connectivity index (χ2n) is 4.14. The number of phosphoric acid groups is 1. The summed E-state index contributed by atoms with van der Waals surface area (Å²) in [4.78, 5) is 0. The molecule has 4 nitrogen and oxygen atoms in total. The molecule has 8 heteroatoms. The molecule has 0 atom stereocenters. The van der Waals surface area contributed by atoms with Crippen LogP contribution >= 0.6 is 7.82 Å². The van der Waals surface area contributed by atoms with Gasteiger partial charge in [0.1, 0.15) is 11.5 Å². The van der Waals surface area contributed by atoms with E-state index in [-0.39, 0.29) is 11.5 Å². The molecule has 0 spiro atoms. The third-order valence-corrected chi connectivity index (χ3v) is 3.62. The fraction of sp³-hybridized carbons (Fsp3) is 0.143. The van der Waals surface area contributed by atoms with E-state index in [1.54, 1.807) is 36.4 Å². The Morgan fingerprint density at radius 1 is 0.818 bits per heavy atom. The van der Waals surface area contributed by atoms with Gasteiger partial charge in [0.25, 0.3) is 0 Å². The van der Waals surface area contributed by atoms with Crippen LogP contribution in [0.2, 0.25) is 0 Å². The third kappa shape index (κ3) is 5.42. The maximum absolute atomic E-state index is 12.4. The first-order valence-corrected chi connectivity index (χ1v) is 7.63. The van der Waals surface area contributed by atoms with Gasteiger partial charge < -0.3 is 9.05 Å². The highest BCUT2D eigenvalue weighted by atomic mass is 31.2. The monoisotopic (exact) mass is 332 g/mol. The smallest absolute Gasteiger partial charge is 0.395 e. The molecule has 2 aromatic rings. The summed E-state index contributed by atoms with van der Waals surface area (Å²) < 4.78 is 63.8. The second-order valence-corrected chi connectivity index (χ2v) is 5.66. The van der Waals surface area contributed by atoms with Gasteiger partial charge in [0.2, 0.25) is 0 Å². The van der Waals surface area contributed by atoms with Crippen LogP contribution in [-0.4, -0.2) is 12.8 Å². The quantitative estimate of drug-likeness (QED) is 0.711. The first kappa shape index (κ1) is 16.4. The van der Waals surface area contributed by atoms with Crippen molar-refractivity contribution in [2.24, 2.45) is 0 Å². The molecule has 118 valence electrons. The molecule has 0 unspecified atom stereocenters. The van der Waals surface area contributed by atoms with Crippen molar-refractivity contribution in [1.29, 1.82) is 0 Å². The molecule has 0 bridgehead atoms. The Morgan fingerprint density at radius 3 is 1.59 bits per heavy atom. The zero-order chi connectivity index (χ0) is 16.1. The van der Waals surface area contributed by atoms with Crippen molar-refractivity contribution in [2.75, 3.05) is 6.61 Å². The van der Waals surface area contributed by atoms with E-state index in [4.69, 9.17) is 9.05 Å². The van der Waals surface area contributed by atoms with Crippen LogP contribution < -0.4 is 9.05 Å². The summed E-state index contributed by atoms with van der Waals surface area (Å²) in [6.07, 6.45) is -4.66.